The number of carbonyl (C=O) groups is 1. The molecule has 0 aromatic heterocycles. The number of halogens is 4. The van der Waals surface area contributed by atoms with E-state index in [1.165, 1.54) is 0 Å². The van der Waals surface area contributed by atoms with E-state index < -0.39 is 46.9 Å². The van der Waals surface area contributed by atoms with Gasteiger partial charge in [0.25, 0.3) is 17.5 Å². The van der Waals surface area contributed by atoms with Crippen molar-refractivity contribution in [1.82, 2.24) is 5.32 Å². The summed E-state index contributed by atoms with van der Waals surface area (Å²) in [6.07, 6.45) is 0. The topological polar surface area (TPSA) is 98.3 Å². The number of rotatable bonds is 5. The number of nitrogens with zero attached hydrogens (tertiary/aromatic N) is 1. The molecule has 0 aliphatic rings. The number of nitro benzene ring substituents is 1. The minimum absolute atomic E-state index is 0. The van der Waals surface area contributed by atoms with E-state index in [9.17, 15) is 28.1 Å². The van der Waals surface area contributed by atoms with Crippen molar-refractivity contribution in [2.24, 2.45) is 5.73 Å². The molecule has 1 amide bonds. The van der Waals surface area contributed by atoms with Gasteiger partial charge in [-0.1, -0.05) is 0 Å². The molecule has 0 saturated carbocycles. The Balaban J connectivity index is 0.00000361. The zero-order chi connectivity index (χ0) is 14.6. The minimum atomic E-state index is -3.30. The Hall–Kier alpha value is -1.87. The van der Waals surface area contributed by atoms with E-state index in [1.807, 2.05) is 0 Å². The van der Waals surface area contributed by atoms with Crippen molar-refractivity contribution >= 4 is 24.0 Å². The molecule has 0 fully saturated rings. The first kappa shape index (κ1) is 18.1. The lowest BCUT2D eigenvalue weighted by atomic mass is 10.1. The van der Waals surface area contributed by atoms with Gasteiger partial charge >= 0.3 is 0 Å². The van der Waals surface area contributed by atoms with Gasteiger partial charge in [-0.3, -0.25) is 14.9 Å². The van der Waals surface area contributed by atoms with Crippen LogP contribution in [0, 0.1) is 15.9 Å². The Morgan fingerprint density at radius 3 is 2.50 bits per heavy atom. The van der Waals surface area contributed by atoms with Gasteiger partial charge in [-0.25, -0.2) is 13.2 Å². The van der Waals surface area contributed by atoms with Crippen molar-refractivity contribution in [2.45, 2.75) is 5.92 Å². The second-order valence-corrected chi connectivity index (χ2v) is 3.66. The molecular formula is C10H11ClF3N3O3. The van der Waals surface area contributed by atoms with Gasteiger partial charge < -0.3 is 11.1 Å². The molecule has 0 saturated heterocycles. The number of carbonyl (C=O) groups excluding carboxylic acids is 1. The Morgan fingerprint density at radius 2 is 2.05 bits per heavy atom. The lowest BCUT2D eigenvalue weighted by Crippen LogP contribution is -2.41. The number of alkyl halides is 2. The summed E-state index contributed by atoms with van der Waals surface area (Å²) < 4.78 is 38.9. The highest BCUT2D eigenvalue weighted by Crippen LogP contribution is 2.17. The highest BCUT2D eigenvalue weighted by molar-refractivity contribution is 5.94. The molecule has 0 radical (unpaired) electrons. The molecule has 0 bridgehead atoms. The van der Waals surface area contributed by atoms with Crippen LogP contribution in [0.3, 0.4) is 0 Å². The van der Waals surface area contributed by atoms with Gasteiger partial charge in [0.1, 0.15) is 5.82 Å². The lowest BCUT2D eigenvalue weighted by Gasteiger charge is -2.14. The van der Waals surface area contributed by atoms with Gasteiger partial charge in [-0.05, 0) is 6.07 Å². The maximum atomic E-state index is 13.4. The normalized spacial score (nSPS) is 10.6. The molecule has 0 atom stereocenters. The van der Waals surface area contributed by atoms with Gasteiger partial charge in [0.2, 0.25) is 0 Å². The monoisotopic (exact) mass is 313 g/mol. The molecular weight excluding hydrogens is 303 g/mol. The molecule has 0 heterocycles. The summed E-state index contributed by atoms with van der Waals surface area (Å²) in [5, 5.41) is 12.2. The standard InChI is InChI=1S/C10H10F3N3O3.ClH/c11-8-3-6(16(18)19)1-2-7(8)9(17)15-5-10(12,13)4-14;/h1-3H,4-5,14H2,(H,15,17);1H. The summed E-state index contributed by atoms with van der Waals surface area (Å²) in [6, 6.07) is 2.29. The first-order chi connectivity index (χ1) is 8.76. The van der Waals surface area contributed by atoms with Crippen LogP contribution in [-0.4, -0.2) is 29.8 Å². The van der Waals surface area contributed by atoms with Crippen LogP contribution in [0.4, 0.5) is 18.9 Å². The van der Waals surface area contributed by atoms with E-state index in [0.29, 0.717) is 6.07 Å². The molecule has 6 nitrogen and oxygen atoms in total. The number of non-ortho nitro benzene ring substituents is 1. The predicted octanol–water partition coefficient (Wildman–Crippen LogP) is 1.48. The maximum Gasteiger partial charge on any atom is 0.277 e. The molecule has 0 unspecified atom stereocenters. The number of amides is 1. The fraction of sp³-hybridized carbons (Fsp3) is 0.300. The van der Waals surface area contributed by atoms with Gasteiger partial charge in [-0.15, -0.1) is 12.4 Å². The van der Waals surface area contributed by atoms with Crippen LogP contribution in [-0.2, 0) is 0 Å². The highest BCUT2D eigenvalue weighted by Gasteiger charge is 2.28. The summed E-state index contributed by atoms with van der Waals surface area (Å²) in [5.74, 6) is -5.56. The third-order valence-corrected chi connectivity index (χ3v) is 2.21. The second-order valence-electron chi connectivity index (χ2n) is 3.66. The number of hydrogen-bond donors (Lipinski definition) is 2. The van der Waals surface area contributed by atoms with Crippen LogP contribution >= 0.6 is 12.4 Å². The largest absolute Gasteiger partial charge is 0.346 e. The number of benzene rings is 1. The average molecular weight is 314 g/mol. The quantitative estimate of drug-likeness (QED) is 0.635. The zero-order valence-corrected chi connectivity index (χ0v) is 10.8. The second kappa shape index (κ2) is 7.06. The number of nitrogens with one attached hydrogen (secondary N) is 1. The van der Waals surface area contributed by atoms with Crippen molar-refractivity contribution in [3.63, 3.8) is 0 Å². The van der Waals surface area contributed by atoms with Gasteiger partial charge in [0.05, 0.1) is 29.6 Å². The van der Waals surface area contributed by atoms with Crippen LogP contribution in [0.15, 0.2) is 18.2 Å². The van der Waals surface area contributed by atoms with Crippen molar-refractivity contribution in [3.8, 4) is 0 Å². The molecule has 10 heteroatoms. The highest BCUT2D eigenvalue weighted by atomic mass is 35.5. The fourth-order valence-electron chi connectivity index (χ4n) is 1.18. The first-order valence-corrected chi connectivity index (χ1v) is 5.07. The Bertz CT molecular complexity index is 514. The molecule has 0 aliphatic heterocycles. The van der Waals surface area contributed by atoms with E-state index in [2.05, 4.69) is 0 Å². The summed E-state index contributed by atoms with van der Waals surface area (Å²) in [5.41, 5.74) is 3.67. The fourth-order valence-corrected chi connectivity index (χ4v) is 1.18. The third-order valence-electron chi connectivity index (χ3n) is 2.21. The van der Waals surface area contributed by atoms with Crippen LogP contribution in [0.1, 0.15) is 10.4 Å². The smallest absolute Gasteiger partial charge is 0.277 e. The Morgan fingerprint density at radius 1 is 1.45 bits per heavy atom. The van der Waals surface area contributed by atoms with E-state index >= 15 is 0 Å². The number of hydrogen-bond acceptors (Lipinski definition) is 4. The molecule has 20 heavy (non-hydrogen) atoms. The number of nitrogens with two attached hydrogens (primary N) is 1. The maximum absolute atomic E-state index is 13.4. The SMILES string of the molecule is Cl.NCC(F)(F)CNC(=O)c1ccc([N+](=O)[O-])cc1F. The van der Waals surface area contributed by atoms with Gasteiger partial charge in [0.15, 0.2) is 0 Å². The summed E-state index contributed by atoms with van der Waals surface area (Å²) in [4.78, 5) is 20.9. The first-order valence-electron chi connectivity index (χ1n) is 5.07. The van der Waals surface area contributed by atoms with Crippen LogP contribution in [0.25, 0.3) is 0 Å². The van der Waals surface area contributed by atoms with Crippen molar-refractivity contribution < 1.29 is 22.9 Å². The van der Waals surface area contributed by atoms with Crippen LogP contribution in [0.2, 0.25) is 0 Å². The van der Waals surface area contributed by atoms with E-state index in [1.54, 1.807) is 5.32 Å². The third kappa shape index (κ3) is 4.67. The van der Waals surface area contributed by atoms with Crippen molar-refractivity contribution in [2.75, 3.05) is 13.1 Å². The summed E-state index contributed by atoms with van der Waals surface area (Å²) in [6.45, 7) is -2.01. The lowest BCUT2D eigenvalue weighted by molar-refractivity contribution is -0.385. The zero-order valence-electron chi connectivity index (χ0n) is 9.94. The molecule has 1 aromatic rings. The van der Waals surface area contributed by atoms with Gasteiger partial charge in [-0.2, -0.15) is 0 Å². The summed E-state index contributed by atoms with van der Waals surface area (Å²) >= 11 is 0. The Labute approximate surface area is 117 Å². The molecule has 1 aromatic carbocycles. The molecule has 1 rings (SSSR count). The molecule has 112 valence electrons. The summed E-state index contributed by atoms with van der Waals surface area (Å²) in [7, 11) is 0. The molecule has 0 aliphatic carbocycles. The number of nitro groups is 1. The van der Waals surface area contributed by atoms with Crippen molar-refractivity contribution in [3.05, 3.63) is 39.7 Å². The van der Waals surface area contributed by atoms with E-state index in [0.717, 1.165) is 12.1 Å². The van der Waals surface area contributed by atoms with E-state index in [4.69, 9.17) is 5.73 Å². The minimum Gasteiger partial charge on any atom is -0.346 e. The van der Waals surface area contributed by atoms with Crippen LogP contribution in [0.5, 0.6) is 0 Å². The van der Waals surface area contributed by atoms with E-state index in [-0.39, 0.29) is 12.4 Å². The average Bonchev–Trinajstić information content (AvgIpc) is 2.36. The predicted molar refractivity (Wildman–Crippen MR) is 66.6 cm³/mol. The van der Waals surface area contributed by atoms with Crippen LogP contribution < -0.4 is 11.1 Å². The Kier molecular flexibility index (Phi) is 6.40. The molecule has 3 N–H and O–H groups in total. The van der Waals surface area contributed by atoms with Gasteiger partial charge in [0, 0.05) is 6.07 Å². The molecule has 0 spiro atoms. The van der Waals surface area contributed by atoms with Crippen molar-refractivity contribution in [1.29, 1.82) is 0 Å².